The second-order valence-electron chi connectivity index (χ2n) is 5.25. The molecule has 2 rings (SSSR count). The largest absolute Gasteiger partial charge is 0.463 e. The monoisotopic (exact) mass is 252 g/mol. The molecule has 1 unspecified atom stereocenters. The Kier molecular flexibility index (Phi) is 4.07. The molecule has 100 valence electrons. The van der Waals surface area contributed by atoms with Gasteiger partial charge in [-0.2, -0.15) is 0 Å². The zero-order chi connectivity index (χ0) is 13.1. The van der Waals surface area contributed by atoms with E-state index in [0.29, 0.717) is 12.0 Å². The van der Waals surface area contributed by atoms with Crippen molar-refractivity contribution < 1.29 is 18.8 Å². The Morgan fingerprint density at radius 2 is 2.33 bits per heavy atom. The zero-order valence-corrected chi connectivity index (χ0v) is 11.3. The van der Waals surface area contributed by atoms with E-state index >= 15 is 0 Å². The van der Waals surface area contributed by atoms with Gasteiger partial charge in [0.1, 0.15) is 12.6 Å². The summed E-state index contributed by atoms with van der Waals surface area (Å²) in [5.74, 6) is 1.23. The number of rotatable bonds is 3. The van der Waals surface area contributed by atoms with Gasteiger partial charge in [-0.15, -0.1) is 0 Å². The van der Waals surface area contributed by atoms with Crippen LogP contribution in [-0.4, -0.2) is 24.7 Å². The Morgan fingerprint density at radius 3 is 2.94 bits per heavy atom. The van der Waals surface area contributed by atoms with Gasteiger partial charge in [-0.1, -0.05) is 6.92 Å². The average molecular weight is 252 g/mol. The maximum Gasteiger partial charge on any atom is 0.302 e. The number of nitrogens with one attached hydrogen (secondary N) is 1. The van der Waals surface area contributed by atoms with E-state index in [4.69, 9.17) is 9.15 Å². The number of ether oxygens (including phenoxy) is 1. The smallest absolute Gasteiger partial charge is 0.302 e. The molecule has 4 atom stereocenters. The quantitative estimate of drug-likeness (QED) is 0.817. The fourth-order valence-corrected chi connectivity index (χ4v) is 2.78. The molecule has 4 nitrogen and oxygen atoms in total. The lowest BCUT2D eigenvalue weighted by atomic mass is 9.89. The van der Waals surface area contributed by atoms with Crippen LogP contribution in [0.5, 0.6) is 0 Å². The Labute approximate surface area is 108 Å². The lowest BCUT2D eigenvalue weighted by Gasteiger charge is -2.38. The molecule has 1 fully saturated rings. The molecule has 0 radical (unpaired) electrons. The SMILES string of the molecule is CC(=O)O[C@H]1CC[NH+](Cc2ccco2)[C@@H](C)[C@@H]1C. The van der Waals surface area contributed by atoms with Crippen LogP contribution >= 0.6 is 0 Å². The number of likely N-dealkylation sites (tertiary alicyclic amines) is 1. The van der Waals surface area contributed by atoms with E-state index in [9.17, 15) is 4.79 Å². The molecule has 1 N–H and O–H groups in total. The van der Waals surface area contributed by atoms with Crippen LogP contribution in [0.4, 0.5) is 0 Å². The minimum atomic E-state index is -0.173. The van der Waals surface area contributed by atoms with Crippen molar-refractivity contribution in [2.24, 2.45) is 5.92 Å². The normalized spacial score (nSPS) is 32.2. The molecule has 1 aromatic rings. The molecule has 0 aliphatic carbocycles. The topological polar surface area (TPSA) is 43.9 Å². The number of furan rings is 1. The zero-order valence-electron chi connectivity index (χ0n) is 11.3. The third kappa shape index (κ3) is 2.93. The molecule has 1 aliphatic rings. The summed E-state index contributed by atoms with van der Waals surface area (Å²) in [4.78, 5) is 12.6. The average Bonchev–Trinajstić information content (AvgIpc) is 2.81. The van der Waals surface area contributed by atoms with Gasteiger partial charge in [0.15, 0.2) is 5.76 Å². The van der Waals surface area contributed by atoms with E-state index in [-0.39, 0.29) is 12.1 Å². The Hall–Kier alpha value is -1.29. The molecule has 4 heteroatoms. The van der Waals surface area contributed by atoms with Crippen LogP contribution in [0.2, 0.25) is 0 Å². The van der Waals surface area contributed by atoms with Gasteiger partial charge in [0.2, 0.25) is 0 Å². The first-order valence-electron chi connectivity index (χ1n) is 6.62. The van der Waals surface area contributed by atoms with Gasteiger partial charge in [-0.05, 0) is 19.1 Å². The van der Waals surface area contributed by atoms with Crippen LogP contribution in [0.15, 0.2) is 22.8 Å². The summed E-state index contributed by atoms with van der Waals surface area (Å²) in [6.45, 7) is 7.80. The van der Waals surface area contributed by atoms with E-state index in [2.05, 4.69) is 13.8 Å². The summed E-state index contributed by atoms with van der Waals surface area (Å²) in [6.07, 6.45) is 2.72. The third-order valence-electron chi connectivity index (χ3n) is 4.07. The summed E-state index contributed by atoms with van der Waals surface area (Å²) in [7, 11) is 0. The first kappa shape index (κ1) is 13.1. The van der Waals surface area contributed by atoms with Gasteiger partial charge >= 0.3 is 5.97 Å². The first-order chi connectivity index (χ1) is 8.58. The number of esters is 1. The molecule has 0 amide bonds. The first-order valence-corrected chi connectivity index (χ1v) is 6.62. The van der Waals surface area contributed by atoms with Gasteiger partial charge in [0, 0.05) is 19.3 Å². The van der Waals surface area contributed by atoms with E-state index < -0.39 is 0 Å². The second-order valence-corrected chi connectivity index (χ2v) is 5.25. The fourth-order valence-electron chi connectivity index (χ4n) is 2.78. The summed E-state index contributed by atoms with van der Waals surface area (Å²) in [5, 5.41) is 0. The molecule has 0 spiro atoms. The van der Waals surface area contributed by atoms with Crippen molar-refractivity contribution >= 4 is 5.97 Å². The minimum absolute atomic E-state index is 0.0675. The van der Waals surface area contributed by atoms with Gasteiger partial charge in [-0.25, -0.2) is 0 Å². The Morgan fingerprint density at radius 1 is 1.56 bits per heavy atom. The van der Waals surface area contributed by atoms with Crippen molar-refractivity contribution in [1.82, 2.24) is 0 Å². The van der Waals surface area contributed by atoms with Crippen LogP contribution in [0.25, 0.3) is 0 Å². The lowest BCUT2D eigenvalue weighted by molar-refractivity contribution is -0.947. The van der Waals surface area contributed by atoms with Gasteiger partial charge < -0.3 is 14.1 Å². The fraction of sp³-hybridized carbons (Fsp3) is 0.643. The van der Waals surface area contributed by atoms with E-state index in [1.807, 2.05) is 12.1 Å². The number of quaternary nitrogens is 1. The molecule has 1 aliphatic heterocycles. The van der Waals surface area contributed by atoms with Crippen molar-refractivity contribution in [3.63, 3.8) is 0 Å². The summed E-state index contributed by atoms with van der Waals surface area (Å²) < 4.78 is 10.8. The number of piperidine rings is 1. The third-order valence-corrected chi connectivity index (χ3v) is 4.07. The maximum absolute atomic E-state index is 11.1. The summed E-state index contributed by atoms with van der Waals surface area (Å²) in [5.41, 5.74) is 0. The van der Waals surface area contributed by atoms with Gasteiger partial charge in [-0.3, -0.25) is 4.79 Å². The number of hydrogen-bond donors (Lipinski definition) is 1. The van der Waals surface area contributed by atoms with E-state index in [0.717, 1.165) is 25.3 Å². The standard InChI is InChI=1S/C14H21NO3/c1-10-11(2)15(9-13-5-4-8-17-13)7-6-14(10)18-12(3)16/h4-5,8,10-11,14H,6-7,9H2,1-3H3/p+1/t10-,11-,14-/m0/s1. The van der Waals surface area contributed by atoms with Crippen LogP contribution < -0.4 is 4.90 Å². The second kappa shape index (κ2) is 5.57. The Balaban J connectivity index is 1.95. The van der Waals surface area contributed by atoms with Crippen molar-refractivity contribution in [2.45, 2.75) is 45.9 Å². The van der Waals surface area contributed by atoms with Crippen molar-refractivity contribution in [2.75, 3.05) is 6.54 Å². The van der Waals surface area contributed by atoms with Crippen LogP contribution in [-0.2, 0) is 16.1 Å². The Bertz CT molecular complexity index is 388. The van der Waals surface area contributed by atoms with Crippen LogP contribution in [0.1, 0.15) is 33.0 Å². The molecular weight excluding hydrogens is 230 g/mol. The van der Waals surface area contributed by atoms with Gasteiger partial charge in [0.05, 0.1) is 18.8 Å². The van der Waals surface area contributed by atoms with Crippen molar-refractivity contribution in [1.29, 1.82) is 0 Å². The molecule has 0 saturated carbocycles. The summed E-state index contributed by atoms with van der Waals surface area (Å²) >= 11 is 0. The van der Waals surface area contributed by atoms with Crippen LogP contribution in [0.3, 0.4) is 0 Å². The molecular formula is C14H22NO3+. The number of hydrogen-bond acceptors (Lipinski definition) is 3. The molecule has 0 bridgehead atoms. The molecule has 18 heavy (non-hydrogen) atoms. The highest BCUT2D eigenvalue weighted by Crippen LogP contribution is 2.17. The van der Waals surface area contributed by atoms with Gasteiger partial charge in [0.25, 0.3) is 0 Å². The molecule has 2 heterocycles. The van der Waals surface area contributed by atoms with Crippen LogP contribution in [0, 0.1) is 5.92 Å². The highest BCUT2D eigenvalue weighted by molar-refractivity contribution is 5.66. The van der Waals surface area contributed by atoms with E-state index in [1.165, 1.54) is 11.8 Å². The number of carbonyl (C=O) groups excluding carboxylic acids is 1. The van der Waals surface area contributed by atoms with Crippen molar-refractivity contribution in [3.8, 4) is 0 Å². The van der Waals surface area contributed by atoms with Crippen molar-refractivity contribution in [3.05, 3.63) is 24.2 Å². The lowest BCUT2D eigenvalue weighted by Crippen LogP contribution is -3.16. The summed E-state index contributed by atoms with van der Waals surface area (Å²) in [6, 6.07) is 4.41. The number of carbonyl (C=O) groups is 1. The predicted octanol–water partition coefficient (Wildman–Crippen LogP) is 1.02. The van der Waals surface area contributed by atoms with E-state index in [1.54, 1.807) is 6.26 Å². The molecule has 1 aromatic heterocycles. The highest BCUT2D eigenvalue weighted by Gasteiger charge is 2.37. The maximum atomic E-state index is 11.1. The molecule has 1 saturated heterocycles. The highest BCUT2D eigenvalue weighted by atomic mass is 16.5. The molecule has 0 aromatic carbocycles. The minimum Gasteiger partial charge on any atom is -0.463 e. The predicted molar refractivity (Wildman–Crippen MR) is 67.0 cm³/mol.